The fraction of sp³-hybridized carbons (Fsp3) is 0.550. The van der Waals surface area contributed by atoms with Gasteiger partial charge in [0.1, 0.15) is 0 Å². The molecule has 0 spiro atoms. The number of aryl methyl sites for hydroxylation is 3. The van der Waals surface area contributed by atoms with Gasteiger partial charge in [-0.2, -0.15) is 5.10 Å². The molecule has 0 aliphatic carbocycles. The molecule has 0 radical (unpaired) electrons. The molecule has 2 aromatic rings. The van der Waals surface area contributed by atoms with E-state index in [0.29, 0.717) is 19.0 Å². The number of nitrogens with zero attached hydrogens (tertiary/aromatic N) is 4. The third-order valence-electron chi connectivity index (χ3n) is 3.96. The molecule has 0 amide bonds. The van der Waals surface area contributed by atoms with Crippen molar-refractivity contribution in [2.45, 2.75) is 53.6 Å². The molecule has 0 fully saturated rings. The summed E-state index contributed by atoms with van der Waals surface area (Å²) in [6.45, 7) is 12.1. The fourth-order valence-corrected chi connectivity index (χ4v) is 2.65. The molecule has 0 unspecified atom stereocenters. The van der Waals surface area contributed by atoms with Gasteiger partial charge in [0, 0.05) is 37.6 Å². The largest absolute Gasteiger partial charge is 0.478 e. The van der Waals surface area contributed by atoms with Crippen molar-refractivity contribution in [3.63, 3.8) is 0 Å². The summed E-state index contributed by atoms with van der Waals surface area (Å²) >= 11 is 0. The number of aliphatic imine (C=N–C) groups is 1. The van der Waals surface area contributed by atoms with Gasteiger partial charge < -0.3 is 15.4 Å². The van der Waals surface area contributed by atoms with E-state index in [2.05, 4.69) is 57.2 Å². The van der Waals surface area contributed by atoms with Gasteiger partial charge in [0.25, 0.3) is 0 Å². The summed E-state index contributed by atoms with van der Waals surface area (Å²) in [7, 11) is 0. The standard InChI is InChI=1S/C20H32N6O/c1-5-12-27-19-9-8-18(14-23-19)15-24-20(21-6-2)22-10-7-11-26-17(4)13-16(3)25-26/h8-9,13-14H,5-7,10-12,15H2,1-4H3,(H2,21,22,24). The summed E-state index contributed by atoms with van der Waals surface area (Å²) in [4.78, 5) is 8.95. The summed E-state index contributed by atoms with van der Waals surface area (Å²) in [6, 6.07) is 6.01. The average molecular weight is 373 g/mol. The monoisotopic (exact) mass is 372 g/mol. The van der Waals surface area contributed by atoms with Crippen LogP contribution >= 0.6 is 0 Å². The molecule has 0 saturated carbocycles. The Morgan fingerprint density at radius 1 is 1.22 bits per heavy atom. The molecule has 0 atom stereocenters. The summed E-state index contributed by atoms with van der Waals surface area (Å²) in [5, 5.41) is 11.1. The summed E-state index contributed by atoms with van der Waals surface area (Å²) in [5.41, 5.74) is 3.32. The van der Waals surface area contributed by atoms with Gasteiger partial charge in [0.15, 0.2) is 5.96 Å². The molecule has 0 bridgehead atoms. The number of nitrogens with one attached hydrogen (secondary N) is 2. The van der Waals surface area contributed by atoms with Crippen LogP contribution in [0.4, 0.5) is 0 Å². The number of rotatable bonds is 10. The van der Waals surface area contributed by atoms with Crippen LogP contribution in [-0.2, 0) is 13.1 Å². The second-order valence-electron chi connectivity index (χ2n) is 6.48. The van der Waals surface area contributed by atoms with Crippen LogP contribution in [0.5, 0.6) is 5.88 Å². The number of aromatic nitrogens is 3. The first-order valence-electron chi connectivity index (χ1n) is 9.73. The Morgan fingerprint density at radius 2 is 2.07 bits per heavy atom. The van der Waals surface area contributed by atoms with Gasteiger partial charge in [-0.25, -0.2) is 9.98 Å². The normalized spacial score (nSPS) is 11.5. The molecule has 27 heavy (non-hydrogen) atoms. The van der Waals surface area contributed by atoms with Crippen molar-refractivity contribution in [3.8, 4) is 5.88 Å². The molecule has 148 valence electrons. The van der Waals surface area contributed by atoms with Crippen molar-refractivity contribution >= 4 is 5.96 Å². The maximum Gasteiger partial charge on any atom is 0.213 e. The minimum Gasteiger partial charge on any atom is -0.478 e. The van der Waals surface area contributed by atoms with Crippen LogP contribution in [0.3, 0.4) is 0 Å². The first kappa shape index (κ1) is 20.7. The van der Waals surface area contributed by atoms with Crippen LogP contribution in [0, 0.1) is 13.8 Å². The zero-order valence-electron chi connectivity index (χ0n) is 17.0. The first-order chi connectivity index (χ1) is 13.1. The second-order valence-corrected chi connectivity index (χ2v) is 6.48. The van der Waals surface area contributed by atoms with Gasteiger partial charge in [-0.3, -0.25) is 4.68 Å². The Hall–Kier alpha value is -2.57. The zero-order valence-corrected chi connectivity index (χ0v) is 17.0. The molecule has 2 aromatic heterocycles. The van der Waals surface area contributed by atoms with Crippen LogP contribution in [0.2, 0.25) is 0 Å². The van der Waals surface area contributed by atoms with Gasteiger partial charge >= 0.3 is 0 Å². The van der Waals surface area contributed by atoms with Crippen molar-refractivity contribution in [3.05, 3.63) is 41.3 Å². The van der Waals surface area contributed by atoms with E-state index in [0.717, 1.165) is 49.7 Å². The molecule has 2 rings (SSSR count). The number of hydrogen-bond acceptors (Lipinski definition) is 4. The Bertz CT molecular complexity index is 708. The summed E-state index contributed by atoms with van der Waals surface area (Å²) in [6.07, 6.45) is 3.78. The number of ether oxygens (including phenoxy) is 1. The van der Waals surface area contributed by atoms with Gasteiger partial charge in [0.05, 0.1) is 18.8 Å². The summed E-state index contributed by atoms with van der Waals surface area (Å²) in [5.74, 6) is 1.48. The number of guanidine groups is 1. The van der Waals surface area contributed by atoms with Crippen molar-refractivity contribution in [1.82, 2.24) is 25.4 Å². The average Bonchev–Trinajstić information content (AvgIpc) is 2.99. The Morgan fingerprint density at radius 3 is 2.70 bits per heavy atom. The summed E-state index contributed by atoms with van der Waals surface area (Å²) < 4.78 is 7.56. The number of pyridine rings is 1. The smallest absolute Gasteiger partial charge is 0.213 e. The first-order valence-corrected chi connectivity index (χ1v) is 9.73. The lowest BCUT2D eigenvalue weighted by molar-refractivity contribution is 0.305. The van der Waals surface area contributed by atoms with Gasteiger partial charge in [0.2, 0.25) is 5.88 Å². The Balaban J connectivity index is 1.80. The Kier molecular flexibility index (Phi) is 8.61. The molecule has 0 saturated heterocycles. The van der Waals surface area contributed by atoms with Gasteiger partial charge in [-0.1, -0.05) is 13.0 Å². The van der Waals surface area contributed by atoms with Crippen LogP contribution in [0.25, 0.3) is 0 Å². The molecule has 0 aromatic carbocycles. The van der Waals surface area contributed by atoms with Crippen LogP contribution in [-0.4, -0.2) is 40.4 Å². The van der Waals surface area contributed by atoms with Crippen LogP contribution in [0.15, 0.2) is 29.4 Å². The van der Waals surface area contributed by atoms with Crippen molar-refractivity contribution < 1.29 is 4.74 Å². The molecule has 2 N–H and O–H groups in total. The lowest BCUT2D eigenvalue weighted by Gasteiger charge is -2.12. The van der Waals surface area contributed by atoms with Crippen LogP contribution < -0.4 is 15.4 Å². The highest BCUT2D eigenvalue weighted by Gasteiger charge is 2.02. The maximum absolute atomic E-state index is 5.51. The molecule has 0 aliphatic rings. The molecule has 2 heterocycles. The van der Waals surface area contributed by atoms with E-state index >= 15 is 0 Å². The SMILES string of the molecule is CCCOc1ccc(CN=C(NCC)NCCCn2nc(C)cc2C)cn1. The third kappa shape index (κ3) is 7.29. The lowest BCUT2D eigenvalue weighted by Crippen LogP contribution is -2.38. The zero-order chi connectivity index (χ0) is 19.5. The highest BCUT2D eigenvalue weighted by molar-refractivity contribution is 5.79. The fourth-order valence-electron chi connectivity index (χ4n) is 2.65. The van der Waals surface area contributed by atoms with Gasteiger partial charge in [-0.15, -0.1) is 0 Å². The molecular weight excluding hydrogens is 340 g/mol. The van der Waals surface area contributed by atoms with Crippen molar-refractivity contribution in [1.29, 1.82) is 0 Å². The minimum atomic E-state index is 0.577. The van der Waals surface area contributed by atoms with Gasteiger partial charge in [-0.05, 0) is 45.2 Å². The molecule has 7 heteroatoms. The quantitative estimate of drug-likeness (QED) is 0.381. The van der Waals surface area contributed by atoms with E-state index < -0.39 is 0 Å². The second kappa shape index (κ2) is 11.2. The predicted octanol–water partition coefficient (Wildman–Crippen LogP) is 2.83. The van der Waals surface area contributed by atoms with E-state index in [-0.39, 0.29) is 0 Å². The molecular formula is C20H32N6O. The Labute approximate surface area is 162 Å². The van der Waals surface area contributed by atoms with E-state index in [1.54, 1.807) is 0 Å². The van der Waals surface area contributed by atoms with Crippen molar-refractivity contribution in [2.75, 3.05) is 19.7 Å². The maximum atomic E-state index is 5.51. The minimum absolute atomic E-state index is 0.577. The molecule has 7 nitrogen and oxygen atoms in total. The van der Waals surface area contributed by atoms with E-state index in [9.17, 15) is 0 Å². The van der Waals surface area contributed by atoms with E-state index in [4.69, 9.17) is 4.74 Å². The van der Waals surface area contributed by atoms with E-state index in [1.807, 2.05) is 25.3 Å². The predicted molar refractivity (Wildman–Crippen MR) is 109 cm³/mol. The highest BCUT2D eigenvalue weighted by atomic mass is 16.5. The highest BCUT2D eigenvalue weighted by Crippen LogP contribution is 2.08. The van der Waals surface area contributed by atoms with E-state index in [1.165, 1.54) is 5.69 Å². The lowest BCUT2D eigenvalue weighted by atomic mass is 10.3. The number of hydrogen-bond donors (Lipinski definition) is 2. The van der Waals surface area contributed by atoms with Crippen LogP contribution in [0.1, 0.15) is 43.6 Å². The molecule has 0 aliphatic heterocycles. The third-order valence-corrected chi connectivity index (χ3v) is 3.96. The van der Waals surface area contributed by atoms with Crippen molar-refractivity contribution in [2.24, 2.45) is 4.99 Å². The topological polar surface area (TPSA) is 76.4 Å².